The van der Waals surface area contributed by atoms with E-state index in [-0.39, 0.29) is 11.1 Å². The lowest BCUT2D eigenvalue weighted by atomic mass is 10.0. The highest BCUT2D eigenvalue weighted by Gasteiger charge is 2.32. The summed E-state index contributed by atoms with van der Waals surface area (Å²) in [6.07, 6.45) is -3.88. The molecular weight excluding hydrogens is 291 g/mol. The predicted octanol–water partition coefficient (Wildman–Crippen LogP) is 2.64. The molecular formula is C13H8F3NO4. The number of benzene rings is 1. The van der Waals surface area contributed by atoms with Crippen LogP contribution in [0.5, 0.6) is 5.75 Å². The number of ether oxygens (including phenoxy) is 1. The second kappa shape index (κ2) is 5.31. The molecule has 5 nitrogen and oxygen atoms in total. The van der Waals surface area contributed by atoms with Crippen LogP contribution in [0.3, 0.4) is 0 Å². The van der Waals surface area contributed by atoms with Crippen LogP contribution >= 0.6 is 0 Å². The number of nitrogens with one attached hydrogen (secondary N) is 1. The van der Waals surface area contributed by atoms with E-state index in [4.69, 9.17) is 5.11 Å². The first-order valence-corrected chi connectivity index (χ1v) is 5.59. The molecule has 0 unspecified atom stereocenters. The summed E-state index contributed by atoms with van der Waals surface area (Å²) in [5, 5.41) is 9.06. The van der Waals surface area contributed by atoms with Crippen molar-refractivity contribution in [3.63, 3.8) is 0 Å². The van der Waals surface area contributed by atoms with Crippen molar-refractivity contribution in [2.75, 3.05) is 0 Å². The number of alkyl halides is 3. The molecule has 0 aliphatic rings. The second-order valence-electron chi connectivity index (χ2n) is 3.97. The second-order valence-corrected chi connectivity index (χ2v) is 3.97. The SMILES string of the molecule is O=C(O)c1cc(=O)[nH]cc1-c1ccccc1OC(F)(F)F. The van der Waals surface area contributed by atoms with E-state index in [9.17, 15) is 22.8 Å². The number of aromatic nitrogens is 1. The summed E-state index contributed by atoms with van der Waals surface area (Å²) in [6, 6.07) is 5.86. The number of hydrogen-bond donors (Lipinski definition) is 2. The van der Waals surface area contributed by atoms with E-state index in [1.54, 1.807) is 0 Å². The molecule has 0 saturated heterocycles. The van der Waals surface area contributed by atoms with Crippen molar-refractivity contribution in [2.24, 2.45) is 0 Å². The zero-order valence-corrected chi connectivity index (χ0v) is 10.3. The molecule has 2 N–H and O–H groups in total. The van der Waals surface area contributed by atoms with Crippen molar-refractivity contribution in [1.82, 2.24) is 4.98 Å². The lowest BCUT2D eigenvalue weighted by molar-refractivity contribution is -0.274. The van der Waals surface area contributed by atoms with E-state index >= 15 is 0 Å². The fourth-order valence-corrected chi connectivity index (χ4v) is 1.77. The minimum absolute atomic E-state index is 0.0815. The van der Waals surface area contributed by atoms with Gasteiger partial charge in [-0.3, -0.25) is 4.79 Å². The fraction of sp³-hybridized carbons (Fsp3) is 0.0769. The van der Waals surface area contributed by atoms with Crippen LogP contribution in [-0.4, -0.2) is 22.4 Å². The Morgan fingerprint density at radius 1 is 1.19 bits per heavy atom. The predicted molar refractivity (Wildman–Crippen MR) is 66.1 cm³/mol. The van der Waals surface area contributed by atoms with E-state index < -0.39 is 29.2 Å². The summed E-state index contributed by atoms with van der Waals surface area (Å²) in [5.41, 5.74) is -1.27. The van der Waals surface area contributed by atoms with Crippen LogP contribution < -0.4 is 10.3 Å². The van der Waals surface area contributed by atoms with E-state index in [1.165, 1.54) is 18.2 Å². The van der Waals surface area contributed by atoms with Gasteiger partial charge in [0.25, 0.3) is 0 Å². The Labute approximate surface area is 115 Å². The van der Waals surface area contributed by atoms with Gasteiger partial charge < -0.3 is 14.8 Å². The number of carbonyl (C=O) groups is 1. The molecule has 21 heavy (non-hydrogen) atoms. The van der Waals surface area contributed by atoms with Gasteiger partial charge in [0.15, 0.2) is 0 Å². The van der Waals surface area contributed by atoms with Gasteiger partial charge in [0, 0.05) is 23.4 Å². The number of hydrogen-bond acceptors (Lipinski definition) is 3. The van der Waals surface area contributed by atoms with Crippen LogP contribution in [0.25, 0.3) is 11.1 Å². The first-order chi connectivity index (χ1) is 9.78. The Bertz CT molecular complexity index is 737. The Morgan fingerprint density at radius 3 is 2.48 bits per heavy atom. The average molecular weight is 299 g/mol. The summed E-state index contributed by atoms with van der Waals surface area (Å²) >= 11 is 0. The molecule has 8 heteroatoms. The van der Waals surface area contributed by atoms with Crippen LogP contribution in [0.2, 0.25) is 0 Å². The number of pyridine rings is 1. The summed E-state index contributed by atoms with van der Waals surface area (Å²) in [4.78, 5) is 24.5. The van der Waals surface area contributed by atoms with Crippen molar-refractivity contribution in [2.45, 2.75) is 6.36 Å². The molecule has 0 amide bonds. The molecule has 0 radical (unpaired) electrons. The monoisotopic (exact) mass is 299 g/mol. The van der Waals surface area contributed by atoms with Crippen molar-refractivity contribution in [1.29, 1.82) is 0 Å². The molecule has 0 bridgehead atoms. The maximum atomic E-state index is 12.4. The zero-order valence-electron chi connectivity index (χ0n) is 10.3. The van der Waals surface area contributed by atoms with Gasteiger partial charge in [0.1, 0.15) is 5.75 Å². The number of H-pyrrole nitrogens is 1. The molecule has 0 aliphatic heterocycles. The van der Waals surface area contributed by atoms with Gasteiger partial charge in [0.2, 0.25) is 5.56 Å². The first kappa shape index (κ1) is 14.6. The third-order valence-corrected chi connectivity index (χ3v) is 2.56. The summed E-state index contributed by atoms with van der Waals surface area (Å²) in [7, 11) is 0. The molecule has 1 heterocycles. The maximum absolute atomic E-state index is 12.4. The largest absolute Gasteiger partial charge is 0.573 e. The highest BCUT2D eigenvalue weighted by Crippen LogP contribution is 2.34. The van der Waals surface area contributed by atoms with Gasteiger partial charge in [-0.15, -0.1) is 13.2 Å². The van der Waals surface area contributed by atoms with Gasteiger partial charge in [-0.25, -0.2) is 4.79 Å². The van der Waals surface area contributed by atoms with Gasteiger partial charge >= 0.3 is 12.3 Å². The Balaban J connectivity index is 2.63. The number of halogens is 3. The number of para-hydroxylation sites is 1. The van der Waals surface area contributed by atoms with Crippen molar-refractivity contribution >= 4 is 5.97 Å². The number of carboxylic acids is 1. The normalized spacial score (nSPS) is 11.2. The van der Waals surface area contributed by atoms with Gasteiger partial charge in [0.05, 0.1) is 5.56 Å². The van der Waals surface area contributed by atoms with Crippen LogP contribution in [0, 0.1) is 0 Å². The molecule has 0 saturated carbocycles. The van der Waals surface area contributed by atoms with E-state index in [0.717, 1.165) is 18.3 Å². The topological polar surface area (TPSA) is 79.4 Å². The average Bonchev–Trinajstić information content (AvgIpc) is 2.37. The third kappa shape index (κ3) is 3.41. The standard InChI is InChI=1S/C13H8F3NO4/c14-13(15,16)21-10-4-2-1-3-7(10)9-6-17-11(18)5-8(9)12(19)20/h1-6H,(H,17,18)(H,19,20). The molecule has 0 atom stereocenters. The van der Waals surface area contributed by atoms with Crippen molar-refractivity contribution in [3.8, 4) is 16.9 Å². The molecule has 2 rings (SSSR count). The maximum Gasteiger partial charge on any atom is 0.573 e. The van der Waals surface area contributed by atoms with Gasteiger partial charge in [-0.05, 0) is 6.07 Å². The Kier molecular flexibility index (Phi) is 3.70. The Hall–Kier alpha value is -2.77. The first-order valence-electron chi connectivity index (χ1n) is 5.59. The van der Waals surface area contributed by atoms with E-state index in [1.807, 2.05) is 0 Å². The van der Waals surface area contributed by atoms with Crippen LogP contribution in [0.15, 0.2) is 41.3 Å². The molecule has 0 spiro atoms. The summed E-state index contributed by atoms with van der Waals surface area (Å²) in [6.45, 7) is 0. The molecule has 2 aromatic rings. The minimum Gasteiger partial charge on any atom is -0.478 e. The van der Waals surface area contributed by atoms with E-state index in [2.05, 4.69) is 9.72 Å². The minimum atomic E-state index is -4.92. The molecule has 1 aromatic heterocycles. The van der Waals surface area contributed by atoms with Gasteiger partial charge in [-0.1, -0.05) is 18.2 Å². The zero-order chi connectivity index (χ0) is 15.6. The molecule has 1 aromatic carbocycles. The number of carboxylic acid groups (broad SMARTS) is 1. The smallest absolute Gasteiger partial charge is 0.478 e. The number of aromatic amines is 1. The summed E-state index contributed by atoms with van der Waals surface area (Å²) in [5.74, 6) is -1.99. The molecule has 0 aliphatic carbocycles. The van der Waals surface area contributed by atoms with Crippen LogP contribution in [0.1, 0.15) is 10.4 Å². The van der Waals surface area contributed by atoms with Crippen LogP contribution in [-0.2, 0) is 0 Å². The lowest BCUT2D eigenvalue weighted by Gasteiger charge is -2.14. The van der Waals surface area contributed by atoms with Crippen molar-refractivity contribution < 1.29 is 27.8 Å². The highest BCUT2D eigenvalue weighted by atomic mass is 19.4. The van der Waals surface area contributed by atoms with Gasteiger partial charge in [-0.2, -0.15) is 0 Å². The Morgan fingerprint density at radius 2 is 1.86 bits per heavy atom. The number of aromatic carboxylic acids is 1. The quantitative estimate of drug-likeness (QED) is 0.913. The third-order valence-electron chi connectivity index (χ3n) is 2.56. The fourth-order valence-electron chi connectivity index (χ4n) is 1.77. The van der Waals surface area contributed by atoms with Crippen molar-refractivity contribution in [3.05, 3.63) is 52.4 Å². The van der Waals surface area contributed by atoms with E-state index in [0.29, 0.717) is 0 Å². The number of rotatable bonds is 3. The summed E-state index contributed by atoms with van der Waals surface area (Å²) < 4.78 is 41.0. The van der Waals surface area contributed by atoms with Crippen LogP contribution in [0.4, 0.5) is 13.2 Å². The molecule has 0 fully saturated rings. The molecule has 110 valence electrons. The highest BCUT2D eigenvalue weighted by molar-refractivity contribution is 5.96. The lowest BCUT2D eigenvalue weighted by Crippen LogP contribution is -2.18.